The Hall–Kier alpha value is -2.88. The Morgan fingerprint density at radius 1 is 1.19 bits per heavy atom. The number of aliphatic hydroxyl groups is 1. The molecule has 5 heterocycles. The van der Waals surface area contributed by atoms with E-state index in [1.807, 2.05) is 11.8 Å². The minimum absolute atomic E-state index is 0.114. The number of ether oxygens (including phenoxy) is 1. The first-order valence-electron chi connectivity index (χ1n) is 13.2. The lowest BCUT2D eigenvalue weighted by Crippen LogP contribution is -2.44. The van der Waals surface area contributed by atoms with Crippen LogP contribution in [0.15, 0.2) is 27.9 Å². The Balaban J connectivity index is 1.46. The van der Waals surface area contributed by atoms with E-state index in [4.69, 9.17) is 9.72 Å². The number of pyridine rings is 2. The number of thioether (sulfide) groups is 1. The van der Waals surface area contributed by atoms with Gasteiger partial charge >= 0.3 is 5.97 Å². The average Bonchev–Trinajstić information content (AvgIpc) is 3.29. The number of nitrogens with one attached hydrogen (secondary N) is 1. The number of esters is 1. The summed E-state index contributed by atoms with van der Waals surface area (Å²) in [6, 6.07) is 5.97. The third kappa shape index (κ3) is 3.62. The van der Waals surface area contributed by atoms with E-state index in [-0.39, 0.29) is 18.6 Å². The quantitative estimate of drug-likeness (QED) is 0.358. The molecule has 0 fully saturated rings. The molecule has 0 aliphatic carbocycles. The van der Waals surface area contributed by atoms with Gasteiger partial charge in [0.1, 0.15) is 6.61 Å². The van der Waals surface area contributed by atoms with Gasteiger partial charge in [0.05, 0.1) is 29.0 Å². The maximum atomic E-state index is 13.5. The number of hydrogen-bond donors (Lipinski definition) is 2. The predicted octanol–water partition coefficient (Wildman–Crippen LogP) is 3.48. The third-order valence-corrected chi connectivity index (χ3v) is 9.28. The Labute approximate surface area is 220 Å². The first kappa shape index (κ1) is 24.5. The number of nitrogens with zero attached hydrogens (tertiary/aromatic N) is 3. The summed E-state index contributed by atoms with van der Waals surface area (Å²) in [4.78, 5) is 34.7. The van der Waals surface area contributed by atoms with E-state index in [2.05, 4.69) is 36.2 Å². The van der Waals surface area contributed by atoms with E-state index in [0.29, 0.717) is 23.4 Å². The summed E-state index contributed by atoms with van der Waals surface area (Å²) in [5.41, 5.74) is 4.50. The number of fused-ring (bicyclic) bond motifs is 5. The van der Waals surface area contributed by atoms with Crippen LogP contribution in [0, 0.1) is 0 Å². The summed E-state index contributed by atoms with van der Waals surface area (Å²) in [7, 11) is 0. The summed E-state index contributed by atoms with van der Waals surface area (Å²) in [5, 5.41) is 16.0. The number of rotatable bonds is 7. The molecule has 0 saturated carbocycles. The van der Waals surface area contributed by atoms with Crippen LogP contribution in [0.25, 0.3) is 22.3 Å². The number of likely N-dealkylation sites (N-methyl/N-ethyl adjacent to an activating group) is 1. The zero-order valence-electron chi connectivity index (χ0n) is 21.5. The lowest BCUT2D eigenvalue weighted by molar-refractivity contribution is -0.172. The van der Waals surface area contributed by atoms with Crippen molar-refractivity contribution in [2.24, 2.45) is 0 Å². The Bertz CT molecular complexity index is 1500. The van der Waals surface area contributed by atoms with Crippen molar-refractivity contribution in [1.29, 1.82) is 0 Å². The van der Waals surface area contributed by atoms with Crippen LogP contribution in [0.2, 0.25) is 0 Å². The zero-order valence-corrected chi connectivity index (χ0v) is 22.3. The van der Waals surface area contributed by atoms with Gasteiger partial charge in [0.15, 0.2) is 5.60 Å². The number of benzene rings is 1. The van der Waals surface area contributed by atoms with E-state index in [1.54, 1.807) is 17.6 Å². The monoisotopic (exact) mass is 520 g/mol. The number of aromatic nitrogens is 2. The average molecular weight is 521 g/mol. The molecule has 8 nitrogen and oxygen atoms in total. The lowest BCUT2D eigenvalue weighted by atomic mass is 9.86. The highest BCUT2D eigenvalue weighted by Gasteiger charge is 2.45. The molecule has 2 aromatic heterocycles. The van der Waals surface area contributed by atoms with Crippen LogP contribution in [0.1, 0.15) is 49.4 Å². The fourth-order valence-electron chi connectivity index (χ4n) is 5.94. The van der Waals surface area contributed by atoms with Gasteiger partial charge in [-0.25, -0.2) is 9.78 Å². The summed E-state index contributed by atoms with van der Waals surface area (Å²) < 4.78 is 6.93. The molecule has 1 unspecified atom stereocenters. The van der Waals surface area contributed by atoms with Crippen LogP contribution < -0.4 is 10.9 Å². The Kier molecular flexibility index (Phi) is 6.05. The standard InChI is InChI=1S/C28H32N4O4S/c1-4-28(35)19-13-22-24-17(14-32(22)26(33)18(19)15-36-27(28)34)16-9-12-37-25-21(8-7-20(30-24)23(16)25)29-10-11-31(5-2)6-3/h7-8,13,29,35H,4-6,9-12,14-15H2,1-3H3. The molecule has 0 radical (unpaired) electrons. The molecule has 6 rings (SSSR count). The normalized spacial score (nSPS) is 19.5. The second-order valence-electron chi connectivity index (χ2n) is 9.91. The molecule has 1 aromatic carbocycles. The SMILES string of the molecule is CCN(CC)CCNc1ccc2nc3c(c4c2c1SCC4)Cn1c-3cc2c(c1=O)COC(=O)C2(O)CC. The fraction of sp³-hybridized carbons (Fsp3) is 0.464. The lowest BCUT2D eigenvalue weighted by Gasteiger charge is -2.31. The van der Waals surface area contributed by atoms with Gasteiger partial charge in [-0.05, 0) is 49.7 Å². The Morgan fingerprint density at radius 3 is 2.76 bits per heavy atom. The van der Waals surface area contributed by atoms with Crippen molar-refractivity contribution in [2.45, 2.75) is 57.3 Å². The largest absolute Gasteiger partial charge is 0.458 e. The van der Waals surface area contributed by atoms with Gasteiger partial charge in [0.25, 0.3) is 5.56 Å². The summed E-state index contributed by atoms with van der Waals surface area (Å²) >= 11 is 1.86. The first-order valence-corrected chi connectivity index (χ1v) is 14.1. The molecule has 3 aromatic rings. The van der Waals surface area contributed by atoms with Crippen LogP contribution in [0.5, 0.6) is 0 Å². The van der Waals surface area contributed by atoms with Gasteiger partial charge in [-0.3, -0.25) is 4.79 Å². The maximum absolute atomic E-state index is 13.5. The van der Waals surface area contributed by atoms with E-state index < -0.39 is 11.6 Å². The molecule has 2 N–H and O–H groups in total. The van der Waals surface area contributed by atoms with Crippen molar-refractivity contribution in [3.63, 3.8) is 0 Å². The van der Waals surface area contributed by atoms with E-state index in [0.717, 1.165) is 60.8 Å². The van der Waals surface area contributed by atoms with Crippen LogP contribution in [0.4, 0.5) is 5.69 Å². The molecule has 1 atom stereocenters. The number of anilines is 1. The van der Waals surface area contributed by atoms with Crippen molar-refractivity contribution in [3.05, 3.63) is 50.8 Å². The molecule has 194 valence electrons. The Morgan fingerprint density at radius 2 is 2.00 bits per heavy atom. The van der Waals surface area contributed by atoms with Crippen molar-refractivity contribution < 1.29 is 14.6 Å². The molecule has 0 spiro atoms. The fourth-order valence-corrected chi connectivity index (χ4v) is 7.12. The molecular weight excluding hydrogens is 488 g/mol. The first-order chi connectivity index (χ1) is 17.9. The van der Waals surface area contributed by atoms with E-state index in [1.165, 1.54) is 15.8 Å². The van der Waals surface area contributed by atoms with Gasteiger partial charge in [-0.1, -0.05) is 20.8 Å². The second kappa shape index (κ2) is 9.15. The molecule has 9 heteroatoms. The van der Waals surface area contributed by atoms with Crippen molar-refractivity contribution >= 4 is 34.3 Å². The number of carbonyl (C=O) groups excluding carboxylic acids is 1. The molecule has 0 bridgehead atoms. The van der Waals surface area contributed by atoms with Gasteiger partial charge in [-0.2, -0.15) is 0 Å². The number of cyclic esters (lactones) is 1. The summed E-state index contributed by atoms with van der Waals surface area (Å²) in [6.07, 6.45) is 1.04. The van der Waals surface area contributed by atoms with Crippen LogP contribution in [0.3, 0.4) is 0 Å². The van der Waals surface area contributed by atoms with Gasteiger partial charge < -0.3 is 24.6 Å². The van der Waals surface area contributed by atoms with Gasteiger partial charge in [0, 0.05) is 45.9 Å². The summed E-state index contributed by atoms with van der Waals surface area (Å²) in [5.74, 6) is 0.266. The van der Waals surface area contributed by atoms with Crippen molar-refractivity contribution in [2.75, 3.05) is 37.2 Å². The zero-order chi connectivity index (χ0) is 25.9. The van der Waals surface area contributed by atoms with Crippen LogP contribution >= 0.6 is 11.8 Å². The molecule has 37 heavy (non-hydrogen) atoms. The van der Waals surface area contributed by atoms with Crippen molar-refractivity contribution in [1.82, 2.24) is 14.5 Å². The number of aryl methyl sites for hydroxylation is 1. The maximum Gasteiger partial charge on any atom is 0.343 e. The minimum Gasteiger partial charge on any atom is -0.458 e. The van der Waals surface area contributed by atoms with Gasteiger partial charge in [-0.15, -0.1) is 11.8 Å². The highest BCUT2D eigenvalue weighted by atomic mass is 32.2. The molecular formula is C28H32N4O4S. The number of hydrogen-bond acceptors (Lipinski definition) is 8. The van der Waals surface area contributed by atoms with Crippen LogP contribution in [-0.4, -0.2) is 57.5 Å². The molecule has 3 aliphatic rings. The predicted molar refractivity (Wildman–Crippen MR) is 145 cm³/mol. The topological polar surface area (TPSA) is 96.7 Å². The number of carbonyl (C=O) groups is 1. The second-order valence-corrected chi connectivity index (χ2v) is 11.0. The smallest absolute Gasteiger partial charge is 0.343 e. The van der Waals surface area contributed by atoms with E-state index >= 15 is 0 Å². The van der Waals surface area contributed by atoms with Gasteiger partial charge in [0.2, 0.25) is 0 Å². The molecule has 0 amide bonds. The van der Waals surface area contributed by atoms with Crippen LogP contribution in [-0.2, 0) is 34.7 Å². The minimum atomic E-state index is -1.81. The van der Waals surface area contributed by atoms with E-state index in [9.17, 15) is 14.7 Å². The summed E-state index contributed by atoms with van der Waals surface area (Å²) in [6.45, 7) is 10.4. The highest BCUT2D eigenvalue weighted by molar-refractivity contribution is 7.99. The highest BCUT2D eigenvalue weighted by Crippen LogP contribution is 2.46. The van der Waals surface area contributed by atoms with Crippen molar-refractivity contribution in [3.8, 4) is 11.4 Å². The molecule has 3 aliphatic heterocycles. The third-order valence-electron chi connectivity index (χ3n) is 8.16. The molecule has 0 saturated heterocycles.